The minimum atomic E-state index is -3.26. The highest BCUT2D eigenvalue weighted by atomic mass is 127. The monoisotopic (exact) mass is 411 g/mol. The van der Waals surface area contributed by atoms with Crippen molar-refractivity contribution in [2.75, 3.05) is 26.5 Å². The Morgan fingerprint density at radius 1 is 1.20 bits per heavy atom. The Hall–Kier alpha value is -0.430. The van der Waals surface area contributed by atoms with Crippen LogP contribution in [0.2, 0.25) is 0 Å². The van der Waals surface area contributed by atoms with Crippen LogP contribution in [0.4, 0.5) is 0 Å². The lowest BCUT2D eigenvalue weighted by Crippen LogP contribution is -2.28. The molecule has 1 rings (SSSR count). The highest BCUT2D eigenvalue weighted by Crippen LogP contribution is 2.48. The molecule has 0 spiro atoms. The number of hydrogen-bond acceptors (Lipinski definition) is 4. The van der Waals surface area contributed by atoms with Crippen molar-refractivity contribution in [3.8, 4) is 0 Å². The van der Waals surface area contributed by atoms with Gasteiger partial charge in [-0.05, 0) is 60.7 Å². The first-order valence-electron chi connectivity index (χ1n) is 6.31. The van der Waals surface area contributed by atoms with Crippen molar-refractivity contribution in [1.29, 1.82) is 0 Å². The molecule has 0 fully saturated rings. The summed E-state index contributed by atoms with van der Waals surface area (Å²) >= 11 is 2.17. The van der Waals surface area contributed by atoms with Gasteiger partial charge in [-0.1, -0.05) is 0 Å². The Morgan fingerprint density at radius 2 is 1.70 bits per heavy atom. The number of amides is 1. The molecule has 1 aromatic carbocycles. The smallest absolute Gasteiger partial charge is 0.330 e. The Bertz CT molecular complexity index is 482. The van der Waals surface area contributed by atoms with E-state index in [1.54, 1.807) is 33.0 Å². The highest BCUT2D eigenvalue weighted by Gasteiger charge is 2.28. The average Bonchev–Trinajstić information content (AvgIpc) is 2.39. The van der Waals surface area contributed by atoms with E-state index in [1.807, 2.05) is 12.1 Å². The molecule has 0 N–H and O–H groups in total. The van der Waals surface area contributed by atoms with Gasteiger partial charge in [-0.3, -0.25) is 9.36 Å². The Balaban J connectivity index is 2.78. The van der Waals surface area contributed by atoms with Crippen LogP contribution in [0.25, 0.3) is 0 Å². The average molecular weight is 411 g/mol. The van der Waals surface area contributed by atoms with Crippen LogP contribution >= 0.6 is 30.2 Å². The van der Waals surface area contributed by atoms with Crippen LogP contribution in [0.5, 0.6) is 0 Å². The molecule has 0 aliphatic rings. The van der Waals surface area contributed by atoms with Crippen molar-refractivity contribution in [2.45, 2.75) is 13.8 Å². The van der Waals surface area contributed by atoms with Crippen LogP contribution in [0.15, 0.2) is 24.3 Å². The van der Waals surface area contributed by atoms with Gasteiger partial charge in [-0.25, -0.2) is 0 Å². The van der Waals surface area contributed by atoms with E-state index < -0.39 is 7.60 Å². The molecule has 0 aliphatic carbocycles. The summed E-state index contributed by atoms with van der Waals surface area (Å²) in [7, 11) is -1.67. The van der Waals surface area contributed by atoms with E-state index in [0.29, 0.717) is 5.56 Å². The molecule has 0 bridgehead atoms. The topological polar surface area (TPSA) is 55.8 Å². The zero-order valence-corrected chi connectivity index (χ0v) is 14.9. The summed E-state index contributed by atoms with van der Waals surface area (Å²) in [4.78, 5) is 13.6. The number of nitrogens with zero attached hydrogens (tertiary/aromatic N) is 1. The van der Waals surface area contributed by atoms with Crippen LogP contribution in [0.1, 0.15) is 24.2 Å². The van der Waals surface area contributed by atoms with E-state index in [9.17, 15) is 9.36 Å². The fourth-order valence-corrected chi connectivity index (χ4v) is 3.68. The molecule has 0 heterocycles. The van der Waals surface area contributed by atoms with Crippen molar-refractivity contribution in [3.63, 3.8) is 0 Å². The molecule has 0 aliphatic heterocycles. The molecule has 0 unspecified atom stereocenters. The molecule has 1 aromatic rings. The largest absolute Gasteiger partial charge is 0.349 e. The lowest BCUT2D eigenvalue weighted by Gasteiger charge is -2.23. The third kappa shape index (κ3) is 5.16. The lowest BCUT2D eigenvalue weighted by molar-refractivity contribution is 0.0801. The summed E-state index contributed by atoms with van der Waals surface area (Å²) in [6.45, 7) is 4.05. The number of benzene rings is 1. The maximum atomic E-state index is 12.4. The van der Waals surface area contributed by atoms with Gasteiger partial charge in [0.05, 0.1) is 13.2 Å². The second-order valence-electron chi connectivity index (χ2n) is 4.10. The summed E-state index contributed by atoms with van der Waals surface area (Å²) in [5.41, 5.74) is 0.549. The fourth-order valence-electron chi connectivity index (χ4n) is 1.65. The third-order valence-corrected chi connectivity index (χ3v) is 5.27. The van der Waals surface area contributed by atoms with Crippen molar-refractivity contribution >= 4 is 36.1 Å². The molecule has 20 heavy (non-hydrogen) atoms. The summed E-state index contributed by atoms with van der Waals surface area (Å²) in [5, 5.41) is 0. The standard InChI is InChI=1S/C13H19INO4P/c1-4-18-20(17,19-5-2)10-15(3)13(16)11-6-8-12(14)9-7-11/h6-9H,4-5,10H2,1-3H3. The third-order valence-electron chi connectivity index (χ3n) is 2.47. The Labute approximate surface area is 133 Å². The molecule has 1 amide bonds. The SMILES string of the molecule is CCOP(=O)(CN(C)C(=O)c1ccc(I)cc1)OCC. The normalized spacial score (nSPS) is 11.4. The van der Waals surface area contributed by atoms with Crippen LogP contribution < -0.4 is 0 Å². The van der Waals surface area contributed by atoms with Gasteiger partial charge < -0.3 is 13.9 Å². The molecule has 5 nitrogen and oxygen atoms in total. The zero-order chi connectivity index (χ0) is 15.2. The molecular weight excluding hydrogens is 392 g/mol. The van der Waals surface area contributed by atoms with Gasteiger partial charge in [-0.2, -0.15) is 0 Å². The van der Waals surface area contributed by atoms with Gasteiger partial charge in [0, 0.05) is 16.2 Å². The molecule has 0 aromatic heterocycles. The predicted octanol–water partition coefficient (Wildman–Crippen LogP) is 3.59. The van der Waals surface area contributed by atoms with E-state index in [4.69, 9.17) is 9.05 Å². The maximum Gasteiger partial charge on any atom is 0.349 e. The second-order valence-corrected chi connectivity index (χ2v) is 7.36. The molecule has 0 radical (unpaired) electrons. The lowest BCUT2D eigenvalue weighted by atomic mass is 10.2. The summed E-state index contributed by atoms with van der Waals surface area (Å²) < 4.78 is 23.8. The maximum absolute atomic E-state index is 12.4. The summed E-state index contributed by atoms with van der Waals surface area (Å²) in [6.07, 6.45) is -0.0561. The number of carbonyl (C=O) groups excluding carboxylic acids is 1. The van der Waals surface area contributed by atoms with Gasteiger partial charge in [0.2, 0.25) is 0 Å². The first-order valence-corrected chi connectivity index (χ1v) is 9.11. The molecule has 7 heteroatoms. The van der Waals surface area contributed by atoms with Crippen molar-refractivity contribution in [3.05, 3.63) is 33.4 Å². The first-order chi connectivity index (χ1) is 9.41. The zero-order valence-electron chi connectivity index (χ0n) is 11.8. The van der Waals surface area contributed by atoms with Gasteiger partial charge in [0.25, 0.3) is 5.91 Å². The quantitative estimate of drug-likeness (QED) is 0.509. The van der Waals surface area contributed by atoms with E-state index >= 15 is 0 Å². The molecule has 0 atom stereocenters. The Morgan fingerprint density at radius 3 is 2.15 bits per heavy atom. The van der Waals surface area contributed by atoms with Crippen LogP contribution in [-0.4, -0.2) is 37.4 Å². The Kier molecular flexibility index (Phi) is 7.15. The molecule has 0 saturated carbocycles. The molecule has 0 saturated heterocycles. The van der Waals surface area contributed by atoms with Gasteiger partial charge >= 0.3 is 7.60 Å². The minimum Gasteiger partial charge on any atom is -0.330 e. The number of hydrogen-bond donors (Lipinski definition) is 0. The highest BCUT2D eigenvalue weighted by molar-refractivity contribution is 14.1. The first kappa shape index (κ1) is 17.6. The van der Waals surface area contributed by atoms with Gasteiger partial charge in [-0.15, -0.1) is 0 Å². The number of carbonyl (C=O) groups is 1. The van der Waals surface area contributed by atoms with E-state index in [2.05, 4.69) is 22.6 Å². The van der Waals surface area contributed by atoms with E-state index in [-0.39, 0.29) is 25.4 Å². The number of rotatable bonds is 7. The van der Waals surface area contributed by atoms with Crippen molar-refractivity contribution in [1.82, 2.24) is 4.90 Å². The van der Waals surface area contributed by atoms with Crippen LogP contribution in [0, 0.1) is 3.57 Å². The van der Waals surface area contributed by atoms with E-state index in [0.717, 1.165) is 3.57 Å². The molecule has 112 valence electrons. The van der Waals surface area contributed by atoms with Gasteiger partial charge in [0.1, 0.15) is 6.29 Å². The minimum absolute atomic E-state index is 0.0561. The van der Waals surface area contributed by atoms with Crippen molar-refractivity contribution < 1.29 is 18.4 Å². The summed E-state index contributed by atoms with van der Waals surface area (Å²) in [6, 6.07) is 7.19. The fraction of sp³-hybridized carbons (Fsp3) is 0.462. The van der Waals surface area contributed by atoms with Crippen molar-refractivity contribution in [2.24, 2.45) is 0 Å². The molecular formula is C13H19INO4P. The predicted molar refractivity (Wildman–Crippen MR) is 87.0 cm³/mol. The van der Waals surface area contributed by atoms with Crippen LogP contribution in [-0.2, 0) is 13.6 Å². The summed E-state index contributed by atoms with van der Waals surface area (Å²) in [5.74, 6) is -0.207. The van der Waals surface area contributed by atoms with Gasteiger partial charge in [0.15, 0.2) is 0 Å². The second kappa shape index (κ2) is 8.12. The number of halogens is 1. The van der Waals surface area contributed by atoms with Crippen LogP contribution in [0.3, 0.4) is 0 Å². The van der Waals surface area contributed by atoms with E-state index in [1.165, 1.54) is 4.90 Å².